The van der Waals surface area contributed by atoms with Crippen LogP contribution in [0.5, 0.6) is 0 Å². The Kier molecular flexibility index (Phi) is 6.85. The van der Waals surface area contributed by atoms with E-state index in [2.05, 4.69) is 16.0 Å². The first kappa shape index (κ1) is 21.5. The molecule has 0 spiro atoms. The summed E-state index contributed by atoms with van der Waals surface area (Å²) in [4.78, 5) is 46.7. The van der Waals surface area contributed by atoms with Gasteiger partial charge in [-0.3, -0.25) is 24.0 Å². The molecule has 30 heavy (non-hydrogen) atoms. The topological polar surface area (TPSA) is 144 Å². The molecule has 3 rings (SSSR count). The number of carbonyl (C=O) groups excluding carboxylic acids is 2. The van der Waals surface area contributed by atoms with Crippen LogP contribution in [0.2, 0.25) is 0 Å². The van der Waals surface area contributed by atoms with Gasteiger partial charge in [-0.15, -0.1) is 0 Å². The molecular weight excluding hydrogens is 394 g/mol. The zero-order valence-electron chi connectivity index (χ0n) is 16.6. The van der Waals surface area contributed by atoms with Crippen molar-refractivity contribution in [2.75, 3.05) is 26.3 Å². The minimum absolute atomic E-state index is 0.204. The molecule has 2 heterocycles. The lowest BCUT2D eigenvalue weighted by Gasteiger charge is -2.21. The normalized spacial score (nSPS) is 16.6. The fourth-order valence-corrected chi connectivity index (χ4v) is 3.46. The van der Waals surface area contributed by atoms with E-state index in [4.69, 9.17) is 9.84 Å². The number of benzene rings is 1. The zero-order valence-corrected chi connectivity index (χ0v) is 16.6. The van der Waals surface area contributed by atoms with Crippen molar-refractivity contribution >= 4 is 28.9 Å². The number of nitrogens with zero attached hydrogens (tertiary/aromatic N) is 2. The van der Waals surface area contributed by atoms with Gasteiger partial charge in [0.25, 0.3) is 0 Å². The van der Waals surface area contributed by atoms with E-state index < -0.39 is 18.0 Å². The van der Waals surface area contributed by atoms with Crippen LogP contribution in [-0.2, 0) is 27.9 Å². The third-order valence-corrected chi connectivity index (χ3v) is 4.95. The molecule has 1 fully saturated rings. The highest BCUT2D eigenvalue weighted by Crippen LogP contribution is 2.23. The van der Waals surface area contributed by atoms with Crippen LogP contribution in [0.15, 0.2) is 23.0 Å². The van der Waals surface area contributed by atoms with Crippen LogP contribution < -0.4 is 21.6 Å². The number of imide groups is 1. The Morgan fingerprint density at radius 3 is 2.73 bits per heavy atom. The van der Waals surface area contributed by atoms with E-state index in [1.165, 1.54) is 9.13 Å². The van der Waals surface area contributed by atoms with Gasteiger partial charge in [0.05, 0.1) is 24.2 Å². The Morgan fingerprint density at radius 2 is 2.00 bits per heavy atom. The van der Waals surface area contributed by atoms with Crippen LogP contribution in [0.25, 0.3) is 11.0 Å². The summed E-state index contributed by atoms with van der Waals surface area (Å²) in [5.41, 5.74) is 2.02. The minimum Gasteiger partial charge on any atom is -0.465 e. The van der Waals surface area contributed by atoms with Crippen LogP contribution in [0.3, 0.4) is 0 Å². The van der Waals surface area contributed by atoms with Gasteiger partial charge >= 0.3 is 11.8 Å². The molecule has 1 aliphatic rings. The molecule has 11 nitrogen and oxygen atoms in total. The number of hydrogen-bond acceptors (Lipinski definition) is 6. The molecule has 1 unspecified atom stereocenters. The van der Waals surface area contributed by atoms with Crippen molar-refractivity contribution < 1.29 is 24.2 Å². The molecule has 1 saturated heterocycles. The number of aromatic nitrogens is 2. The summed E-state index contributed by atoms with van der Waals surface area (Å²) in [7, 11) is 1.66. The first-order chi connectivity index (χ1) is 14.4. The van der Waals surface area contributed by atoms with Crippen molar-refractivity contribution in [2.24, 2.45) is 7.05 Å². The van der Waals surface area contributed by atoms with Gasteiger partial charge in [-0.1, -0.05) is 6.07 Å². The Bertz CT molecular complexity index is 1010. The minimum atomic E-state index is -1.08. The average molecular weight is 419 g/mol. The quantitative estimate of drug-likeness (QED) is 0.322. The number of rotatable bonds is 9. The number of ether oxygens (including phenoxy) is 1. The Balaban J connectivity index is 1.61. The van der Waals surface area contributed by atoms with Gasteiger partial charge in [-0.25, -0.2) is 9.59 Å². The predicted octanol–water partition coefficient (Wildman–Crippen LogP) is -0.308. The van der Waals surface area contributed by atoms with Gasteiger partial charge in [-0.2, -0.15) is 0 Å². The highest BCUT2D eigenvalue weighted by molar-refractivity contribution is 6.00. The molecule has 1 atom stereocenters. The lowest BCUT2D eigenvalue weighted by Crippen LogP contribution is -2.44. The maximum atomic E-state index is 12.7. The molecule has 0 aliphatic carbocycles. The van der Waals surface area contributed by atoms with Gasteiger partial charge in [0, 0.05) is 33.1 Å². The second kappa shape index (κ2) is 9.55. The molecule has 0 bridgehead atoms. The third-order valence-electron chi connectivity index (χ3n) is 4.95. The van der Waals surface area contributed by atoms with E-state index in [0.717, 1.165) is 5.56 Å². The number of carbonyl (C=O) groups is 3. The molecular formula is C19H25N5O6. The molecule has 4 N–H and O–H groups in total. The van der Waals surface area contributed by atoms with Crippen LogP contribution in [-0.4, -0.2) is 58.5 Å². The lowest BCUT2D eigenvalue weighted by molar-refractivity contribution is -0.135. The van der Waals surface area contributed by atoms with Gasteiger partial charge in [-0.05, 0) is 24.1 Å². The largest absolute Gasteiger partial charge is 0.465 e. The van der Waals surface area contributed by atoms with E-state index in [-0.39, 0.29) is 24.6 Å². The number of piperidine rings is 1. The first-order valence-corrected chi connectivity index (χ1v) is 9.67. The smallest absolute Gasteiger partial charge is 0.404 e. The van der Waals surface area contributed by atoms with Crippen molar-refractivity contribution in [3.05, 3.63) is 34.2 Å². The van der Waals surface area contributed by atoms with Gasteiger partial charge in [0.1, 0.15) is 6.04 Å². The fourth-order valence-electron chi connectivity index (χ4n) is 3.46. The Labute approximate surface area is 172 Å². The molecule has 2 aromatic rings. The number of carboxylic acid groups (broad SMARTS) is 1. The lowest BCUT2D eigenvalue weighted by atomic mass is 10.1. The van der Waals surface area contributed by atoms with Gasteiger partial charge < -0.3 is 20.5 Å². The number of hydrogen-bond donors (Lipinski definition) is 4. The highest BCUT2D eigenvalue weighted by Gasteiger charge is 2.31. The maximum Gasteiger partial charge on any atom is 0.404 e. The molecule has 3 amide bonds. The van der Waals surface area contributed by atoms with E-state index in [0.29, 0.717) is 43.8 Å². The summed E-state index contributed by atoms with van der Waals surface area (Å²) < 4.78 is 8.27. The number of fused-ring (bicyclic) bond motifs is 1. The van der Waals surface area contributed by atoms with E-state index in [9.17, 15) is 19.2 Å². The molecule has 0 radical (unpaired) electrons. The van der Waals surface area contributed by atoms with Crippen molar-refractivity contribution in [2.45, 2.75) is 25.4 Å². The van der Waals surface area contributed by atoms with Crippen molar-refractivity contribution in [1.82, 2.24) is 25.1 Å². The Morgan fingerprint density at radius 1 is 1.23 bits per heavy atom. The summed E-state index contributed by atoms with van der Waals surface area (Å²) in [5.74, 6) is -0.773. The molecule has 0 saturated carbocycles. The number of imidazole rings is 1. The van der Waals surface area contributed by atoms with Gasteiger partial charge in [0.2, 0.25) is 11.8 Å². The SMILES string of the molecule is Cn1c(=O)n(C2CCC(=O)NC2=O)c2ccc(CNCCOCCNC(=O)O)cc21. The van der Waals surface area contributed by atoms with Crippen LogP contribution in [0.4, 0.5) is 4.79 Å². The number of amides is 3. The van der Waals surface area contributed by atoms with Crippen LogP contribution in [0.1, 0.15) is 24.4 Å². The molecule has 11 heteroatoms. The van der Waals surface area contributed by atoms with E-state index in [1.807, 2.05) is 18.2 Å². The van der Waals surface area contributed by atoms with Crippen molar-refractivity contribution in [3.8, 4) is 0 Å². The maximum absolute atomic E-state index is 12.7. The molecule has 162 valence electrons. The molecule has 1 aliphatic heterocycles. The third kappa shape index (κ3) is 4.86. The summed E-state index contributed by atoms with van der Waals surface area (Å²) in [6.45, 7) is 2.12. The van der Waals surface area contributed by atoms with Crippen LogP contribution in [0, 0.1) is 0 Å². The van der Waals surface area contributed by atoms with Gasteiger partial charge in [0.15, 0.2) is 0 Å². The van der Waals surface area contributed by atoms with Crippen LogP contribution >= 0.6 is 0 Å². The van der Waals surface area contributed by atoms with Crippen molar-refractivity contribution in [1.29, 1.82) is 0 Å². The second-order valence-corrected chi connectivity index (χ2v) is 7.02. The van der Waals surface area contributed by atoms with E-state index in [1.54, 1.807) is 7.05 Å². The fraction of sp³-hybridized carbons (Fsp3) is 0.474. The average Bonchev–Trinajstić information content (AvgIpc) is 2.94. The highest BCUT2D eigenvalue weighted by atomic mass is 16.5. The summed E-state index contributed by atoms with van der Waals surface area (Å²) in [6.07, 6.45) is -0.571. The summed E-state index contributed by atoms with van der Waals surface area (Å²) in [5, 5.41) is 16.2. The van der Waals surface area contributed by atoms with E-state index >= 15 is 0 Å². The van der Waals surface area contributed by atoms with Crippen molar-refractivity contribution in [3.63, 3.8) is 0 Å². The standard InChI is InChI=1S/C19H25N5O6/c1-23-15-10-12(11-20-6-8-30-9-7-21-18(27)28)2-3-13(15)24(19(23)29)14-4-5-16(25)22-17(14)26/h2-3,10,14,20-21H,4-9,11H2,1H3,(H,27,28)(H,22,25,26). The summed E-state index contributed by atoms with van der Waals surface area (Å²) >= 11 is 0. The Hall–Kier alpha value is -3.18. The first-order valence-electron chi connectivity index (χ1n) is 9.67. The predicted molar refractivity (Wildman–Crippen MR) is 107 cm³/mol. The number of aryl methyl sites for hydroxylation is 1. The zero-order chi connectivity index (χ0) is 21.7. The molecule has 1 aromatic heterocycles. The monoisotopic (exact) mass is 419 g/mol. The summed E-state index contributed by atoms with van der Waals surface area (Å²) in [6, 6.07) is 4.89. The molecule has 1 aromatic carbocycles. The number of nitrogens with one attached hydrogen (secondary N) is 3. The second-order valence-electron chi connectivity index (χ2n) is 7.02.